The molecule has 112 valence electrons. The first-order chi connectivity index (χ1) is 10.2. The van der Waals surface area contributed by atoms with E-state index >= 15 is 0 Å². The van der Waals surface area contributed by atoms with Gasteiger partial charge in [-0.05, 0) is 45.0 Å². The van der Waals surface area contributed by atoms with Crippen molar-refractivity contribution in [3.63, 3.8) is 0 Å². The van der Waals surface area contributed by atoms with Crippen molar-refractivity contribution < 1.29 is 4.39 Å². The number of nitrogens with one attached hydrogen (secondary N) is 1. The maximum Gasteiger partial charge on any atom is 0.230 e. The van der Waals surface area contributed by atoms with Gasteiger partial charge in [-0.2, -0.15) is 15.0 Å². The molecular weight excluding hydrogens is 269 g/mol. The van der Waals surface area contributed by atoms with Gasteiger partial charge in [-0.15, -0.1) is 0 Å². The molecule has 0 bridgehead atoms. The summed E-state index contributed by atoms with van der Waals surface area (Å²) >= 11 is 0. The average Bonchev–Trinajstić information content (AvgIpc) is 2.49. The molecule has 0 saturated heterocycles. The Bertz CT molecular complexity index is 581. The van der Waals surface area contributed by atoms with Crippen LogP contribution in [-0.4, -0.2) is 34.6 Å². The van der Waals surface area contributed by atoms with Crippen LogP contribution < -0.4 is 10.2 Å². The van der Waals surface area contributed by atoms with Crippen LogP contribution in [0.1, 0.15) is 20.8 Å². The van der Waals surface area contributed by atoms with E-state index in [0.29, 0.717) is 17.7 Å². The molecule has 1 aromatic carbocycles. The largest absolute Gasteiger partial charge is 0.354 e. The summed E-state index contributed by atoms with van der Waals surface area (Å²) in [7, 11) is 0. The molecule has 0 spiro atoms. The van der Waals surface area contributed by atoms with Gasteiger partial charge in [-0.1, -0.05) is 0 Å². The molecule has 0 amide bonds. The molecule has 0 fully saturated rings. The number of hydrogen-bond donors (Lipinski definition) is 1. The van der Waals surface area contributed by atoms with E-state index in [4.69, 9.17) is 0 Å². The van der Waals surface area contributed by atoms with Crippen LogP contribution in [0.2, 0.25) is 0 Å². The Labute approximate surface area is 124 Å². The van der Waals surface area contributed by atoms with Crippen LogP contribution >= 0.6 is 0 Å². The SMILES string of the molecule is CCNc1nc(-c2ccc(F)cc2)nc(N(CC)CC)n1. The Morgan fingerprint density at radius 2 is 1.67 bits per heavy atom. The van der Waals surface area contributed by atoms with Crippen LogP contribution in [0.5, 0.6) is 0 Å². The molecule has 0 aliphatic carbocycles. The summed E-state index contributed by atoms with van der Waals surface area (Å²) in [6.07, 6.45) is 0. The second-order valence-electron chi connectivity index (χ2n) is 4.49. The van der Waals surface area contributed by atoms with Crippen molar-refractivity contribution >= 4 is 11.9 Å². The van der Waals surface area contributed by atoms with Crippen molar-refractivity contribution in [2.45, 2.75) is 20.8 Å². The van der Waals surface area contributed by atoms with Gasteiger partial charge in [0.05, 0.1) is 0 Å². The predicted octanol–water partition coefficient (Wildman–Crippen LogP) is 2.96. The second kappa shape index (κ2) is 6.97. The van der Waals surface area contributed by atoms with Crippen LogP contribution in [-0.2, 0) is 0 Å². The standard InChI is InChI=1S/C15H20FN5/c1-4-17-14-18-13(11-7-9-12(16)10-8-11)19-15(20-14)21(5-2)6-3/h7-10H,4-6H2,1-3H3,(H,17,18,19,20). The molecule has 1 N–H and O–H groups in total. The Hall–Kier alpha value is -2.24. The van der Waals surface area contributed by atoms with Crippen LogP contribution in [0, 0.1) is 5.82 Å². The van der Waals surface area contributed by atoms with E-state index in [1.807, 2.05) is 6.92 Å². The third-order valence-electron chi connectivity index (χ3n) is 3.11. The highest BCUT2D eigenvalue weighted by Crippen LogP contribution is 2.20. The Kier molecular flexibility index (Phi) is 5.03. The lowest BCUT2D eigenvalue weighted by atomic mass is 10.2. The molecule has 1 heterocycles. The van der Waals surface area contributed by atoms with Crippen molar-refractivity contribution in [2.75, 3.05) is 29.9 Å². The minimum Gasteiger partial charge on any atom is -0.354 e. The molecule has 0 radical (unpaired) electrons. The van der Waals surface area contributed by atoms with Gasteiger partial charge in [-0.3, -0.25) is 0 Å². The van der Waals surface area contributed by atoms with Crippen molar-refractivity contribution in [2.24, 2.45) is 0 Å². The maximum atomic E-state index is 13.0. The summed E-state index contributed by atoms with van der Waals surface area (Å²) in [5.41, 5.74) is 0.770. The maximum absolute atomic E-state index is 13.0. The van der Waals surface area contributed by atoms with E-state index in [1.165, 1.54) is 12.1 Å². The van der Waals surface area contributed by atoms with Gasteiger partial charge >= 0.3 is 0 Å². The minimum atomic E-state index is -0.274. The third kappa shape index (κ3) is 3.65. The summed E-state index contributed by atoms with van der Waals surface area (Å²) in [6.45, 7) is 8.45. The number of aromatic nitrogens is 3. The van der Waals surface area contributed by atoms with Crippen LogP contribution in [0.25, 0.3) is 11.4 Å². The van der Waals surface area contributed by atoms with Gasteiger partial charge in [0.25, 0.3) is 0 Å². The Morgan fingerprint density at radius 1 is 1.00 bits per heavy atom. The van der Waals surface area contributed by atoms with Gasteiger partial charge < -0.3 is 10.2 Å². The van der Waals surface area contributed by atoms with Crippen molar-refractivity contribution in [3.05, 3.63) is 30.1 Å². The zero-order valence-corrected chi connectivity index (χ0v) is 12.6. The number of nitrogens with zero attached hydrogens (tertiary/aromatic N) is 4. The summed E-state index contributed by atoms with van der Waals surface area (Å²) in [4.78, 5) is 15.4. The number of rotatable bonds is 6. The predicted molar refractivity (Wildman–Crippen MR) is 82.9 cm³/mol. The highest BCUT2D eigenvalue weighted by molar-refractivity contribution is 5.58. The summed E-state index contributed by atoms with van der Waals surface area (Å²) < 4.78 is 13.0. The highest BCUT2D eigenvalue weighted by Gasteiger charge is 2.12. The first kappa shape index (κ1) is 15.2. The van der Waals surface area contributed by atoms with E-state index in [-0.39, 0.29) is 5.82 Å². The number of anilines is 2. The van der Waals surface area contributed by atoms with Gasteiger partial charge in [0.15, 0.2) is 5.82 Å². The molecule has 5 nitrogen and oxygen atoms in total. The highest BCUT2D eigenvalue weighted by atomic mass is 19.1. The fourth-order valence-corrected chi connectivity index (χ4v) is 1.98. The molecule has 0 aliphatic heterocycles. The molecular formula is C15H20FN5. The summed E-state index contributed by atoms with van der Waals surface area (Å²) in [5.74, 6) is 1.44. The topological polar surface area (TPSA) is 53.9 Å². The van der Waals surface area contributed by atoms with Crippen LogP contribution in [0.3, 0.4) is 0 Å². The van der Waals surface area contributed by atoms with E-state index in [9.17, 15) is 4.39 Å². The molecule has 2 rings (SSSR count). The van der Waals surface area contributed by atoms with E-state index < -0.39 is 0 Å². The quantitative estimate of drug-likeness (QED) is 0.886. The average molecular weight is 289 g/mol. The zero-order valence-electron chi connectivity index (χ0n) is 12.6. The molecule has 6 heteroatoms. The Morgan fingerprint density at radius 3 is 2.24 bits per heavy atom. The minimum absolute atomic E-state index is 0.274. The van der Waals surface area contributed by atoms with Crippen molar-refractivity contribution in [1.29, 1.82) is 0 Å². The summed E-state index contributed by atoms with van der Waals surface area (Å²) in [6, 6.07) is 6.16. The first-order valence-electron chi connectivity index (χ1n) is 7.18. The fourth-order valence-electron chi connectivity index (χ4n) is 1.98. The number of benzene rings is 1. The first-order valence-corrected chi connectivity index (χ1v) is 7.18. The van der Waals surface area contributed by atoms with Gasteiger partial charge in [0.2, 0.25) is 11.9 Å². The van der Waals surface area contributed by atoms with Crippen molar-refractivity contribution in [3.8, 4) is 11.4 Å². The van der Waals surface area contributed by atoms with Crippen molar-refractivity contribution in [1.82, 2.24) is 15.0 Å². The smallest absolute Gasteiger partial charge is 0.230 e. The van der Waals surface area contributed by atoms with E-state index in [2.05, 4.69) is 39.0 Å². The van der Waals surface area contributed by atoms with Crippen LogP contribution in [0.15, 0.2) is 24.3 Å². The Balaban J connectivity index is 2.46. The molecule has 0 aliphatic rings. The lowest BCUT2D eigenvalue weighted by molar-refractivity contribution is 0.628. The lowest BCUT2D eigenvalue weighted by Gasteiger charge is -2.19. The monoisotopic (exact) mass is 289 g/mol. The molecule has 2 aromatic rings. The molecule has 1 aromatic heterocycles. The lowest BCUT2D eigenvalue weighted by Crippen LogP contribution is -2.25. The second-order valence-corrected chi connectivity index (χ2v) is 4.49. The molecule has 0 atom stereocenters. The zero-order chi connectivity index (χ0) is 15.2. The third-order valence-corrected chi connectivity index (χ3v) is 3.11. The molecule has 0 unspecified atom stereocenters. The fraction of sp³-hybridized carbons (Fsp3) is 0.400. The number of halogens is 1. The van der Waals surface area contributed by atoms with Gasteiger partial charge in [0, 0.05) is 25.2 Å². The van der Waals surface area contributed by atoms with Gasteiger partial charge in [-0.25, -0.2) is 4.39 Å². The number of hydrogen-bond acceptors (Lipinski definition) is 5. The summed E-state index contributed by atoms with van der Waals surface area (Å²) in [5, 5.41) is 3.11. The molecule has 21 heavy (non-hydrogen) atoms. The van der Waals surface area contributed by atoms with E-state index in [0.717, 1.165) is 25.2 Å². The normalized spacial score (nSPS) is 10.5. The van der Waals surface area contributed by atoms with E-state index in [1.54, 1.807) is 12.1 Å². The van der Waals surface area contributed by atoms with Gasteiger partial charge in [0.1, 0.15) is 5.82 Å². The molecule has 0 saturated carbocycles. The van der Waals surface area contributed by atoms with Crippen LogP contribution in [0.4, 0.5) is 16.3 Å².